The topological polar surface area (TPSA) is 34.9 Å². The van der Waals surface area contributed by atoms with Gasteiger partial charge >= 0.3 is 0 Å². The number of nitrogens with zero attached hydrogens (tertiary/aromatic N) is 2. The quantitative estimate of drug-likeness (QED) is 0.800. The van der Waals surface area contributed by atoms with Crippen LogP contribution in [0.1, 0.15) is 0 Å². The maximum atomic E-state index is 11.3. The first kappa shape index (κ1) is 9.48. The molecule has 0 radical (unpaired) electrons. The molecule has 0 spiro atoms. The number of aromatic nitrogens is 2. The molecule has 0 amide bonds. The van der Waals surface area contributed by atoms with Gasteiger partial charge < -0.3 is 0 Å². The number of hydrogen-bond acceptors (Lipinski definition) is 2. The van der Waals surface area contributed by atoms with Gasteiger partial charge in [-0.2, -0.15) is 0 Å². The lowest BCUT2D eigenvalue weighted by atomic mass is 10.5. The first-order valence-corrected chi connectivity index (χ1v) is 4.44. The summed E-state index contributed by atoms with van der Waals surface area (Å²) in [5.74, 6) is 0. The molecule has 0 aromatic carbocycles. The van der Waals surface area contributed by atoms with Crippen molar-refractivity contribution in [2.45, 2.75) is 6.54 Å². The largest absolute Gasteiger partial charge is 0.294 e. The molecule has 64 valence electrons. The van der Waals surface area contributed by atoms with E-state index in [0.29, 0.717) is 11.0 Å². The molecule has 12 heavy (non-hydrogen) atoms. The minimum atomic E-state index is -0.111. The summed E-state index contributed by atoms with van der Waals surface area (Å²) in [6.07, 6.45) is 4.59. The Labute approximate surface area is 82.8 Å². The zero-order chi connectivity index (χ0) is 8.97. The van der Waals surface area contributed by atoms with E-state index in [1.54, 1.807) is 6.08 Å². The molecule has 5 heteroatoms. The van der Waals surface area contributed by atoms with Gasteiger partial charge in [-0.25, -0.2) is 4.98 Å². The van der Waals surface area contributed by atoms with Crippen LogP contribution in [0.5, 0.6) is 0 Å². The number of hydrogen-bond donors (Lipinski definition) is 0. The van der Waals surface area contributed by atoms with E-state index >= 15 is 0 Å². The van der Waals surface area contributed by atoms with Gasteiger partial charge in [0.1, 0.15) is 4.47 Å². The Bertz CT molecular complexity index is 348. The van der Waals surface area contributed by atoms with Gasteiger partial charge in [-0.1, -0.05) is 17.7 Å². The Morgan fingerprint density at radius 2 is 2.50 bits per heavy atom. The second kappa shape index (κ2) is 4.42. The summed E-state index contributed by atoms with van der Waals surface area (Å²) in [6.45, 7) is 0.439. The summed E-state index contributed by atoms with van der Waals surface area (Å²) in [5.41, 5.74) is 1.26. The molecule has 1 heterocycles. The van der Waals surface area contributed by atoms with E-state index in [-0.39, 0.29) is 5.56 Å². The van der Waals surface area contributed by atoms with E-state index < -0.39 is 0 Å². The van der Waals surface area contributed by atoms with Crippen LogP contribution < -0.4 is 5.56 Å². The molecule has 1 aromatic rings. The van der Waals surface area contributed by atoms with Crippen LogP contribution in [0.3, 0.4) is 0 Å². The highest BCUT2D eigenvalue weighted by Gasteiger charge is 1.97. The fourth-order valence-corrected chi connectivity index (χ4v) is 1.13. The second-order valence-electron chi connectivity index (χ2n) is 2.06. The Kier molecular flexibility index (Phi) is 3.49. The number of allylic oxidation sites excluding steroid dienone is 1. The normalized spacial score (nSPS) is 10.8. The Balaban J connectivity index is 3.00. The van der Waals surface area contributed by atoms with Gasteiger partial charge in [-0.05, 0) is 15.9 Å². The van der Waals surface area contributed by atoms with Gasteiger partial charge in [0.25, 0.3) is 5.56 Å². The van der Waals surface area contributed by atoms with Crippen molar-refractivity contribution in [3.63, 3.8) is 0 Å². The van der Waals surface area contributed by atoms with Crippen LogP contribution in [-0.4, -0.2) is 9.55 Å². The fourth-order valence-electron chi connectivity index (χ4n) is 0.708. The summed E-state index contributed by atoms with van der Waals surface area (Å²) in [5, 5.41) is 0. The van der Waals surface area contributed by atoms with E-state index in [4.69, 9.17) is 11.6 Å². The van der Waals surface area contributed by atoms with Crippen LogP contribution in [0.2, 0.25) is 0 Å². The second-order valence-corrected chi connectivity index (χ2v) is 3.17. The lowest BCUT2D eigenvalue weighted by Crippen LogP contribution is -2.19. The van der Waals surface area contributed by atoms with Crippen molar-refractivity contribution in [3.05, 3.63) is 39.0 Å². The highest BCUT2D eigenvalue weighted by atomic mass is 79.9. The van der Waals surface area contributed by atoms with E-state index in [9.17, 15) is 4.79 Å². The van der Waals surface area contributed by atoms with Crippen molar-refractivity contribution in [1.29, 1.82) is 0 Å². The Morgan fingerprint density at radius 3 is 3.17 bits per heavy atom. The molecule has 0 bridgehead atoms. The third-order valence-electron chi connectivity index (χ3n) is 1.25. The van der Waals surface area contributed by atoms with Crippen LogP contribution in [0.15, 0.2) is 33.4 Å². The van der Waals surface area contributed by atoms with Crippen LogP contribution in [-0.2, 0) is 6.54 Å². The molecular formula is C7H6BrClN2O. The van der Waals surface area contributed by atoms with Gasteiger partial charge in [0.05, 0.1) is 6.33 Å². The first-order chi connectivity index (χ1) is 5.75. The molecule has 0 unspecified atom stereocenters. The van der Waals surface area contributed by atoms with E-state index in [0.717, 1.165) is 0 Å². The predicted octanol–water partition coefficient (Wildman–Crippen LogP) is 1.76. The summed E-state index contributed by atoms with van der Waals surface area (Å²) in [6, 6.07) is 0. The molecule has 0 atom stereocenters. The predicted molar refractivity (Wildman–Crippen MR) is 51.2 cm³/mol. The van der Waals surface area contributed by atoms with E-state index in [1.165, 1.54) is 22.6 Å². The van der Waals surface area contributed by atoms with Gasteiger partial charge in [0.15, 0.2) is 0 Å². The van der Waals surface area contributed by atoms with Gasteiger partial charge in [-0.15, -0.1) is 0 Å². The summed E-state index contributed by atoms with van der Waals surface area (Å²) >= 11 is 8.40. The van der Waals surface area contributed by atoms with Crippen LogP contribution in [0, 0.1) is 0 Å². The molecule has 1 rings (SSSR count). The molecule has 0 aliphatic rings. The average molecular weight is 249 g/mol. The summed E-state index contributed by atoms with van der Waals surface area (Å²) in [4.78, 5) is 15.1. The van der Waals surface area contributed by atoms with Gasteiger partial charge in [0, 0.05) is 18.3 Å². The van der Waals surface area contributed by atoms with Crippen LogP contribution >= 0.6 is 27.5 Å². The fraction of sp³-hybridized carbons (Fsp3) is 0.143. The van der Waals surface area contributed by atoms with E-state index in [2.05, 4.69) is 20.9 Å². The Hall–Kier alpha value is -0.610. The molecule has 3 nitrogen and oxygen atoms in total. The van der Waals surface area contributed by atoms with Crippen LogP contribution in [0.25, 0.3) is 0 Å². The molecule has 0 aliphatic heterocycles. The van der Waals surface area contributed by atoms with Crippen LogP contribution in [0.4, 0.5) is 0 Å². The maximum Gasteiger partial charge on any atom is 0.267 e. The number of rotatable bonds is 2. The van der Waals surface area contributed by atoms with Crippen molar-refractivity contribution in [3.8, 4) is 0 Å². The Morgan fingerprint density at radius 1 is 1.75 bits per heavy atom. The SMILES string of the molecule is O=c1c(Br)cncn1CC=CCl. The zero-order valence-electron chi connectivity index (χ0n) is 6.08. The first-order valence-electron chi connectivity index (χ1n) is 3.21. The highest BCUT2D eigenvalue weighted by Crippen LogP contribution is 1.97. The number of halogens is 2. The summed E-state index contributed by atoms with van der Waals surface area (Å²) < 4.78 is 1.90. The molecule has 0 aliphatic carbocycles. The average Bonchev–Trinajstić information content (AvgIpc) is 2.08. The molecule has 0 saturated carbocycles. The highest BCUT2D eigenvalue weighted by molar-refractivity contribution is 9.10. The van der Waals surface area contributed by atoms with Crippen molar-refractivity contribution >= 4 is 27.5 Å². The monoisotopic (exact) mass is 248 g/mol. The molecular weight excluding hydrogens is 243 g/mol. The van der Waals surface area contributed by atoms with Crippen molar-refractivity contribution in [2.24, 2.45) is 0 Å². The lowest BCUT2D eigenvalue weighted by molar-refractivity contribution is 0.748. The van der Waals surface area contributed by atoms with Crippen molar-refractivity contribution in [1.82, 2.24) is 9.55 Å². The third-order valence-corrected chi connectivity index (χ3v) is 1.97. The lowest BCUT2D eigenvalue weighted by Gasteiger charge is -1.99. The smallest absolute Gasteiger partial charge is 0.267 e. The third kappa shape index (κ3) is 2.19. The summed E-state index contributed by atoms with van der Waals surface area (Å²) in [7, 11) is 0. The minimum absolute atomic E-state index is 0.111. The molecule has 0 N–H and O–H groups in total. The zero-order valence-corrected chi connectivity index (χ0v) is 8.42. The van der Waals surface area contributed by atoms with Gasteiger partial charge in [0.2, 0.25) is 0 Å². The molecule has 1 aromatic heterocycles. The van der Waals surface area contributed by atoms with E-state index in [1.807, 2.05) is 0 Å². The van der Waals surface area contributed by atoms with Gasteiger partial charge in [-0.3, -0.25) is 9.36 Å². The van der Waals surface area contributed by atoms with Crippen molar-refractivity contribution in [2.75, 3.05) is 0 Å². The standard InChI is InChI=1S/C7H6BrClN2O/c8-6-4-10-5-11(7(6)12)3-1-2-9/h1-2,4-5H,3H2. The minimum Gasteiger partial charge on any atom is -0.294 e. The molecule has 0 fully saturated rings. The molecule has 0 saturated heterocycles. The maximum absolute atomic E-state index is 11.3. The van der Waals surface area contributed by atoms with Crippen molar-refractivity contribution < 1.29 is 0 Å².